The number of hydrogen-bond acceptors (Lipinski definition) is 4. The van der Waals surface area contributed by atoms with E-state index in [9.17, 15) is 0 Å². The van der Waals surface area contributed by atoms with Crippen molar-refractivity contribution in [3.8, 4) is 33.4 Å². The summed E-state index contributed by atoms with van der Waals surface area (Å²) >= 11 is 1.87. The molecule has 13 aromatic rings. The van der Waals surface area contributed by atoms with Crippen LogP contribution in [0.1, 0.15) is 0 Å². The van der Waals surface area contributed by atoms with E-state index < -0.39 is 0 Å². The van der Waals surface area contributed by atoms with E-state index in [1.165, 1.54) is 36.7 Å². The van der Waals surface area contributed by atoms with Crippen molar-refractivity contribution in [1.29, 1.82) is 0 Å². The van der Waals surface area contributed by atoms with Gasteiger partial charge in [-0.05, 0) is 106 Å². The molecule has 0 spiro atoms. The number of nitrogens with zero attached hydrogens (tertiary/aromatic N) is 1. The number of fused-ring (bicyclic) bond motifs is 11. The zero-order chi connectivity index (χ0) is 40.7. The Hall–Kier alpha value is -7.92. The van der Waals surface area contributed by atoms with Crippen LogP contribution < -0.4 is 4.90 Å². The molecule has 0 atom stereocenters. The fourth-order valence-electron chi connectivity index (χ4n) is 9.48. The highest BCUT2D eigenvalue weighted by Crippen LogP contribution is 2.45. The molecule has 4 heteroatoms. The molecule has 0 N–H and O–H groups in total. The van der Waals surface area contributed by atoms with E-state index >= 15 is 0 Å². The first-order valence-electron chi connectivity index (χ1n) is 21.0. The molecule has 3 nitrogen and oxygen atoms in total. The quantitative estimate of drug-likeness (QED) is 0.168. The van der Waals surface area contributed by atoms with Gasteiger partial charge in [0.05, 0.1) is 5.69 Å². The van der Waals surface area contributed by atoms with Crippen LogP contribution in [0.3, 0.4) is 0 Å². The molecule has 0 aliphatic rings. The highest BCUT2D eigenvalue weighted by molar-refractivity contribution is 7.26. The molecule has 0 radical (unpaired) electrons. The lowest BCUT2D eigenvalue weighted by atomic mass is 9.98. The van der Waals surface area contributed by atoms with E-state index in [0.29, 0.717) is 0 Å². The summed E-state index contributed by atoms with van der Waals surface area (Å²) in [4.78, 5) is 2.39. The molecule has 0 unspecified atom stereocenters. The molecule has 0 bridgehead atoms. The summed E-state index contributed by atoms with van der Waals surface area (Å²) in [5.74, 6) is 0. The van der Waals surface area contributed by atoms with Gasteiger partial charge >= 0.3 is 0 Å². The molecule has 10 aromatic carbocycles. The van der Waals surface area contributed by atoms with E-state index in [1.807, 2.05) is 23.5 Å². The van der Waals surface area contributed by atoms with Crippen molar-refractivity contribution in [3.05, 3.63) is 212 Å². The van der Waals surface area contributed by atoms with Crippen LogP contribution in [0.15, 0.2) is 221 Å². The Morgan fingerprint density at radius 3 is 1.84 bits per heavy atom. The van der Waals surface area contributed by atoms with Gasteiger partial charge in [-0.15, -0.1) is 11.3 Å². The van der Waals surface area contributed by atoms with Gasteiger partial charge in [-0.2, -0.15) is 0 Å². The summed E-state index contributed by atoms with van der Waals surface area (Å²) < 4.78 is 15.4. The monoisotopic (exact) mass is 809 g/mol. The number of anilines is 3. The van der Waals surface area contributed by atoms with Gasteiger partial charge in [0.1, 0.15) is 22.3 Å². The first kappa shape index (κ1) is 34.9. The standard InChI is InChI=1S/C58H35NO2S/c1-2-12-44-37(10-1)24-32-49-51-34-40(26-33-54(51)61-57(44)49)43-11-3-6-17-52(43)59(41-27-20-36(21-28-41)39-25-31-47-46-13-4-7-18-53(46)60-55(47)35-39)42-29-22-38(23-30-42)45-15-9-16-50-48-14-5-8-19-56(48)62-58(45)50/h1-35H. The number of hydrogen-bond donors (Lipinski definition) is 0. The zero-order valence-electron chi connectivity index (χ0n) is 33.4. The second-order valence-corrected chi connectivity index (χ2v) is 17.1. The third-order valence-electron chi connectivity index (χ3n) is 12.5. The van der Waals surface area contributed by atoms with Crippen molar-refractivity contribution in [3.63, 3.8) is 0 Å². The summed E-state index contributed by atoms with van der Waals surface area (Å²) in [6.45, 7) is 0. The van der Waals surface area contributed by atoms with Crippen LogP contribution in [0, 0.1) is 0 Å². The molecule has 13 rings (SSSR count). The van der Waals surface area contributed by atoms with Crippen molar-refractivity contribution in [2.45, 2.75) is 0 Å². The predicted molar refractivity (Wildman–Crippen MR) is 262 cm³/mol. The summed E-state index contributed by atoms with van der Waals surface area (Å²) in [6.07, 6.45) is 0. The third kappa shape index (κ3) is 5.51. The average Bonchev–Trinajstić information content (AvgIpc) is 4.03. The summed E-state index contributed by atoms with van der Waals surface area (Å²) in [6, 6.07) is 76.3. The average molecular weight is 810 g/mol. The van der Waals surface area contributed by atoms with Crippen molar-refractivity contribution in [1.82, 2.24) is 0 Å². The van der Waals surface area contributed by atoms with Crippen molar-refractivity contribution < 1.29 is 8.83 Å². The fourth-order valence-corrected chi connectivity index (χ4v) is 10.7. The maximum atomic E-state index is 6.54. The van der Waals surface area contributed by atoms with Gasteiger partial charge in [-0.1, -0.05) is 140 Å². The number of para-hydroxylation sites is 2. The molecule has 0 saturated carbocycles. The largest absolute Gasteiger partial charge is 0.456 e. The van der Waals surface area contributed by atoms with Crippen molar-refractivity contribution in [2.75, 3.05) is 4.90 Å². The van der Waals surface area contributed by atoms with Crippen molar-refractivity contribution in [2.24, 2.45) is 0 Å². The number of benzene rings is 10. The third-order valence-corrected chi connectivity index (χ3v) is 13.7. The first-order valence-corrected chi connectivity index (χ1v) is 21.8. The number of furan rings is 2. The van der Waals surface area contributed by atoms with Crippen LogP contribution >= 0.6 is 11.3 Å². The second kappa shape index (κ2) is 13.8. The van der Waals surface area contributed by atoms with Gasteiger partial charge in [0.25, 0.3) is 0 Å². The van der Waals surface area contributed by atoms with Gasteiger partial charge in [0, 0.05) is 64.0 Å². The number of rotatable bonds is 6. The lowest BCUT2D eigenvalue weighted by Gasteiger charge is -2.28. The van der Waals surface area contributed by atoms with Gasteiger partial charge in [0.2, 0.25) is 0 Å². The van der Waals surface area contributed by atoms with Gasteiger partial charge < -0.3 is 13.7 Å². The molecule has 0 amide bonds. The minimum absolute atomic E-state index is 0.884. The normalized spacial score (nSPS) is 11.9. The molecule has 290 valence electrons. The Balaban J connectivity index is 0.945. The van der Waals surface area contributed by atoms with Crippen LogP contribution in [-0.4, -0.2) is 0 Å². The maximum absolute atomic E-state index is 6.54. The molecule has 0 saturated heterocycles. The second-order valence-electron chi connectivity index (χ2n) is 16.0. The van der Waals surface area contributed by atoms with Gasteiger partial charge in [0.15, 0.2) is 0 Å². The maximum Gasteiger partial charge on any atom is 0.143 e. The van der Waals surface area contributed by atoms with Gasteiger partial charge in [-0.25, -0.2) is 0 Å². The molecule has 3 aromatic heterocycles. The Morgan fingerprint density at radius 2 is 0.968 bits per heavy atom. The van der Waals surface area contributed by atoms with Crippen LogP contribution in [0.4, 0.5) is 17.1 Å². The molecule has 3 heterocycles. The SMILES string of the molecule is c1ccc(N(c2ccc(-c3ccc4c(c3)oc3ccccc34)cc2)c2ccc(-c3cccc4c3sc3ccccc34)cc2)c(-c2ccc3oc4c5ccccc5ccc4c3c2)c1. The van der Waals surface area contributed by atoms with Crippen LogP contribution in [0.25, 0.3) is 108 Å². The molecule has 0 fully saturated rings. The van der Waals surface area contributed by atoms with Crippen LogP contribution in [0.2, 0.25) is 0 Å². The molecular weight excluding hydrogens is 775 g/mol. The van der Waals surface area contributed by atoms with Gasteiger partial charge in [-0.3, -0.25) is 0 Å². The van der Waals surface area contributed by atoms with Crippen molar-refractivity contribution >= 4 is 103 Å². The Kier molecular flexibility index (Phi) is 7.78. The Labute approximate surface area is 360 Å². The molecular formula is C58H35NO2S. The van der Waals surface area contributed by atoms with Crippen LogP contribution in [0.5, 0.6) is 0 Å². The minimum Gasteiger partial charge on any atom is -0.456 e. The smallest absolute Gasteiger partial charge is 0.143 e. The van der Waals surface area contributed by atoms with E-state index in [4.69, 9.17) is 8.83 Å². The lowest BCUT2D eigenvalue weighted by Crippen LogP contribution is -2.11. The predicted octanol–water partition coefficient (Wildman–Crippen LogP) is 17.5. The van der Waals surface area contributed by atoms with Crippen LogP contribution in [-0.2, 0) is 0 Å². The summed E-state index contributed by atoms with van der Waals surface area (Å²) in [5, 5.41) is 9.41. The van der Waals surface area contributed by atoms with E-state index in [2.05, 4.69) is 205 Å². The summed E-state index contributed by atoms with van der Waals surface area (Å²) in [5.41, 5.74) is 13.8. The van der Waals surface area contributed by atoms with E-state index in [-0.39, 0.29) is 0 Å². The van der Waals surface area contributed by atoms with E-state index in [0.717, 1.165) is 88.6 Å². The summed E-state index contributed by atoms with van der Waals surface area (Å²) in [7, 11) is 0. The lowest BCUT2D eigenvalue weighted by molar-refractivity contribution is 0.669. The van der Waals surface area contributed by atoms with E-state index in [1.54, 1.807) is 0 Å². The molecule has 0 aliphatic carbocycles. The highest BCUT2D eigenvalue weighted by Gasteiger charge is 2.20. The Bertz CT molecular complexity index is 3870. The molecule has 62 heavy (non-hydrogen) atoms. The fraction of sp³-hybridized carbons (Fsp3) is 0. The highest BCUT2D eigenvalue weighted by atomic mass is 32.1. The minimum atomic E-state index is 0.884. The Morgan fingerprint density at radius 1 is 0.339 bits per heavy atom. The first-order chi connectivity index (χ1) is 30.7. The molecule has 0 aliphatic heterocycles. The zero-order valence-corrected chi connectivity index (χ0v) is 34.2. The number of thiophene rings is 1. The topological polar surface area (TPSA) is 29.5 Å².